The summed E-state index contributed by atoms with van der Waals surface area (Å²) in [6.45, 7) is 2.10. The molecule has 2 heterocycles. The Morgan fingerprint density at radius 3 is 3.06 bits per heavy atom. The lowest BCUT2D eigenvalue weighted by Gasteiger charge is -1.98. The van der Waals surface area contributed by atoms with Crippen LogP contribution in [0.5, 0.6) is 0 Å². The van der Waals surface area contributed by atoms with Crippen LogP contribution in [0.15, 0.2) is 16.0 Å². The van der Waals surface area contributed by atoms with Crippen LogP contribution < -0.4 is 11.1 Å². The molecule has 2 aromatic heterocycles. The summed E-state index contributed by atoms with van der Waals surface area (Å²) in [7, 11) is 0. The van der Waals surface area contributed by atoms with Gasteiger partial charge in [-0.25, -0.2) is 4.98 Å². The van der Waals surface area contributed by atoms with Crippen molar-refractivity contribution in [2.45, 2.75) is 13.5 Å². The summed E-state index contributed by atoms with van der Waals surface area (Å²) in [5, 5.41) is 8.41. The van der Waals surface area contributed by atoms with E-state index in [9.17, 15) is 4.79 Å². The highest BCUT2D eigenvalue weighted by Crippen LogP contribution is 2.10. The molecule has 0 aliphatic carbocycles. The Bertz CT molecular complexity index is 505. The number of aromatic nitrogens is 2. The lowest BCUT2D eigenvalue weighted by molar-refractivity contribution is 0.0946. The molecule has 0 spiro atoms. The van der Waals surface area contributed by atoms with Crippen LogP contribution in [0.3, 0.4) is 0 Å². The van der Waals surface area contributed by atoms with E-state index in [0.717, 1.165) is 0 Å². The second-order valence-electron chi connectivity index (χ2n) is 3.18. The molecule has 0 fully saturated rings. The largest absolute Gasteiger partial charge is 0.375 e. The highest BCUT2D eigenvalue weighted by molar-refractivity contribution is 7.13. The van der Waals surface area contributed by atoms with E-state index in [0.29, 0.717) is 28.8 Å². The minimum Gasteiger partial charge on any atom is -0.375 e. The number of thiazole rings is 1. The number of nitrogens with two attached hydrogens (primary N) is 1. The summed E-state index contributed by atoms with van der Waals surface area (Å²) in [6, 6.07) is 1.76. The van der Waals surface area contributed by atoms with Crippen LogP contribution in [-0.2, 0) is 6.54 Å². The van der Waals surface area contributed by atoms with Crippen LogP contribution >= 0.6 is 11.3 Å². The Hall–Kier alpha value is -1.89. The van der Waals surface area contributed by atoms with E-state index in [-0.39, 0.29) is 5.91 Å². The molecule has 0 bridgehead atoms. The second kappa shape index (κ2) is 4.31. The van der Waals surface area contributed by atoms with Crippen LogP contribution in [-0.4, -0.2) is 16.0 Å². The van der Waals surface area contributed by atoms with E-state index in [1.54, 1.807) is 18.4 Å². The lowest BCUT2D eigenvalue weighted by atomic mass is 10.3. The first-order valence-electron chi connectivity index (χ1n) is 4.56. The number of nitrogens with one attached hydrogen (secondary N) is 1. The molecule has 6 nitrogen and oxygen atoms in total. The first-order valence-corrected chi connectivity index (χ1v) is 5.44. The highest BCUT2D eigenvalue weighted by Gasteiger charge is 2.10. The molecule has 0 radical (unpaired) electrons. The van der Waals surface area contributed by atoms with Crippen molar-refractivity contribution in [3.63, 3.8) is 0 Å². The number of anilines is 1. The molecule has 1 amide bonds. The quantitative estimate of drug-likeness (QED) is 0.830. The minimum absolute atomic E-state index is 0.270. The number of rotatable bonds is 3. The van der Waals surface area contributed by atoms with Gasteiger partial charge in [0, 0.05) is 11.4 Å². The molecule has 0 unspecified atom stereocenters. The first-order chi connectivity index (χ1) is 7.65. The molecular formula is C9H10N4O2S. The van der Waals surface area contributed by atoms with Crippen LogP contribution in [0.25, 0.3) is 0 Å². The summed E-state index contributed by atoms with van der Waals surface area (Å²) < 4.78 is 4.87. The summed E-state index contributed by atoms with van der Waals surface area (Å²) in [6.07, 6.45) is 0. The van der Waals surface area contributed by atoms with Crippen molar-refractivity contribution in [1.29, 1.82) is 0 Å². The van der Waals surface area contributed by atoms with Gasteiger partial charge in [-0.3, -0.25) is 4.79 Å². The minimum atomic E-state index is -0.270. The number of aryl methyl sites for hydroxylation is 1. The average molecular weight is 238 g/mol. The smallest absolute Gasteiger partial charge is 0.271 e. The Labute approximate surface area is 95.5 Å². The number of hydrogen-bond acceptors (Lipinski definition) is 6. The average Bonchev–Trinajstić information content (AvgIpc) is 2.84. The zero-order valence-electron chi connectivity index (χ0n) is 8.56. The van der Waals surface area contributed by atoms with E-state index in [2.05, 4.69) is 15.5 Å². The fourth-order valence-electron chi connectivity index (χ4n) is 1.15. The molecule has 0 aliphatic rings. The van der Waals surface area contributed by atoms with Crippen molar-refractivity contribution in [1.82, 2.24) is 15.5 Å². The lowest BCUT2D eigenvalue weighted by Crippen LogP contribution is -2.23. The Balaban J connectivity index is 1.93. The van der Waals surface area contributed by atoms with Gasteiger partial charge in [0.25, 0.3) is 5.91 Å². The molecule has 16 heavy (non-hydrogen) atoms. The molecular weight excluding hydrogens is 228 g/mol. The standard InChI is InChI=1S/C9H10N4O2S/c1-5-2-6(13-15-5)3-11-8(14)7-4-16-9(10)12-7/h2,4H,3H2,1H3,(H2,10,12)(H,11,14). The normalized spacial score (nSPS) is 10.3. The van der Waals surface area contributed by atoms with Crippen LogP contribution in [0, 0.1) is 6.92 Å². The van der Waals surface area contributed by atoms with Gasteiger partial charge in [-0.05, 0) is 6.92 Å². The second-order valence-corrected chi connectivity index (χ2v) is 4.07. The van der Waals surface area contributed by atoms with Crippen LogP contribution in [0.4, 0.5) is 5.13 Å². The van der Waals surface area contributed by atoms with Gasteiger partial charge < -0.3 is 15.6 Å². The van der Waals surface area contributed by atoms with Crippen molar-refractivity contribution in [2.24, 2.45) is 0 Å². The van der Waals surface area contributed by atoms with Gasteiger partial charge in [-0.15, -0.1) is 11.3 Å². The summed E-state index contributed by atoms with van der Waals surface area (Å²) in [5.41, 5.74) is 6.42. The topological polar surface area (TPSA) is 94.0 Å². The van der Waals surface area contributed by atoms with E-state index in [4.69, 9.17) is 10.3 Å². The van der Waals surface area contributed by atoms with E-state index >= 15 is 0 Å². The van der Waals surface area contributed by atoms with E-state index < -0.39 is 0 Å². The van der Waals surface area contributed by atoms with E-state index in [1.165, 1.54) is 11.3 Å². The molecule has 3 N–H and O–H groups in total. The molecule has 0 aliphatic heterocycles. The molecule has 0 aromatic carbocycles. The third kappa shape index (κ3) is 2.37. The fourth-order valence-corrected chi connectivity index (χ4v) is 1.70. The van der Waals surface area contributed by atoms with Gasteiger partial charge in [-0.1, -0.05) is 5.16 Å². The van der Waals surface area contributed by atoms with Crippen molar-refractivity contribution in [3.05, 3.63) is 28.6 Å². The molecule has 0 atom stereocenters. The van der Waals surface area contributed by atoms with Crippen molar-refractivity contribution < 1.29 is 9.32 Å². The van der Waals surface area contributed by atoms with Crippen molar-refractivity contribution in [3.8, 4) is 0 Å². The van der Waals surface area contributed by atoms with Crippen molar-refractivity contribution in [2.75, 3.05) is 5.73 Å². The SMILES string of the molecule is Cc1cc(CNC(=O)c2csc(N)n2)no1. The predicted molar refractivity (Wildman–Crippen MR) is 58.9 cm³/mol. The molecule has 2 aromatic rings. The Morgan fingerprint density at radius 2 is 2.50 bits per heavy atom. The molecule has 84 valence electrons. The van der Waals surface area contributed by atoms with Crippen molar-refractivity contribution >= 4 is 22.4 Å². The molecule has 2 rings (SSSR count). The Morgan fingerprint density at radius 1 is 1.69 bits per heavy atom. The number of hydrogen-bond donors (Lipinski definition) is 2. The highest BCUT2D eigenvalue weighted by atomic mass is 32.1. The maximum atomic E-state index is 11.6. The number of nitrogens with zero attached hydrogens (tertiary/aromatic N) is 2. The zero-order chi connectivity index (χ0) is 11.5. The van der Waals surface area contributed by atoms with Gasteiger partial charge in [-0.2, -0.15) is 0 Å². The zero-order valence-corrected chi connectivity index (χ0v) is 9.37. The van der Waals surface area contributed by atoms with Gasteiger partial charge in [0.2, 0.25) is 0 Å². The molecule has 0 saturated carbocycles. The predicted octanol–water partition coefficient (Wildman–Crippen LogP) is 0.952. The van der Waals surface area contributed by atoms with Gasteiger partial charge in [0.05, 0.1) is 6.54 Å². The summed E-state index contributed by atoms with van der Waals surface area (Å²) >= 11 is 1.23. The monoisotopic (exact) mass is 238 g/mol. The van der Waals surface area contributed by atoms with E-state index in [1.807, 2.05) is 0 Å². The van der Waals surface area contributed by atoms with Crippen LogP contribution in [0.1, 0.15) is 21.9 Å². The van der Waals surface area contributed by atoms with Gasteiger partial charge >= 0.3 is 0 Å². The Kier molecular flexibility index (Phi) is 2.86. The summed E-state index contributed by atoms with van der Waals surface area (Å²) in [4.78, 5) is 15.4. The molecule has 0 saturated heterocycles. The van der Waals surface area contributed by atoms with Crippen LogP contribution in [0.2, 0.25) is 0 Å². The number of carbonyl (C=O) groups excluding carboxylic acids is 1. The third-order valence-electron chi connectivity index (χ3n) is 1.86. The molecule has 7 heteroatoms. The first kappa shape index (κ1) is 10.6. The number of amides is 1. The third-order valence-corrected chi connectivity index (χ3v) is 2.54. The number of nitrogen functional groups attached to an aromatic ring is 1. The van der Waals surface area contributed by atoms with Gasteiger partial charge in [0.15, 0.2) is 5.13 Å². The summed E-state index contributed by atoms with van der Waals surface area (Å²) in [5.74, 6) is 0.441. The van der Waals surface area contributed by atoms with Gasteiger partial charge in [0.1, 0.15) is 17.1 Å². The number of carbonyl (C=O) groups is 1. The maximum Gasteiger partial charge on any atom is 0.271 e. The fraction of sp³-hybridized carbons (Fsp3) is 0.222. The maximum absolute atomic E-state index is 11.6.